The van der Waals surface area contributed by atoms with Crippen LogP contribution < -0.4 is 0 Å². The molecule has 1 amide bonds. The highest BCUT2D eigenvalue weighted by molar-refractivity contribution is 5.76. The van der Waals surface area contributed by atoms with E-state index < -0.39 is 0 Å². The predicted molar refractivity (Wildman–Crippen MR) is 212 cm³/mol. The molecule has 2 heterocycles. The number of amides is 1. The standard InChI is InChI=1S/C12H24N2O.C9H20N2.4C5H12/c1-10(2)9-12(15)14(4)11-5-7-13(3)8-6-11;1-9(2)8-11-6-4-10(3)5-7-11;4*1-4-5(2)3/h10-11H,5-9H2,1-4H3;9H,4-8H2,1-3H3;4*5H,4H2,1-3H3. The van der Waals surface area contributed by atoms with Crippen LogP contribution in [0.2, 0.25) is 0 Å². The van der Waals surface area contributed by atoms with E-state index in [9.17, 15) is 4.79 Å². The Hall–Kier alpha value is -0.650. The molecule has 5 heteroatoms. The van der Waals surface area contributed by atoms with Gasteiger partial charge in [-0.1, -0.05) is 136 Å². The molecule has 2 saturated heterocycles. The molecule has 2 fully saturated rings. The Bertz CT molecular complexity index is 570. The van der Waals surface area contributed by atoms with Crippen LogP contribution in [0.25, 0.3) is 0 Å². The topological polar surface area (TPSA) is 30.0 Å². The molecule has 0 aliphatic carbocycles. The van der Waals surface area contributed by atoms with E-state index in [1.165, 1.54) is 58.4 Å². The average Bonchev–Trinajstić information content (AvgIpc) is 2.99. The van der Waals surface area contributed by atoms with Crippen molar-refractivity contribution in [3.63, 3.8) is 0 Å². The van der Waals surface area contributed by atoms with Crippen LogP contribution in [-0.4, -0.2) is 98.5 Å². The van der Waals surface area contributed by atoms with Crippen molar-refractivity contribution < 1.29 is 4.79 Å². The lowest BCUT2D eigenvalue weighted by Crippen LogP contribution is -2.45. The van der Waals surface area contributed by atoms with Gasteiger partial charge in [0.25, 0.3) is 0 Å². The Morgan fingerprint density at radius 2 is 0.848 bits per heavy atom. The van der Waals surface area contributed by atoms with E-state index in [4.69, 9.17) is 0 Å². The first kappa shape index (κ1) is 52.2. The molecule has 2 aliphatic heterocycles. The van der Waals surface area contributed by atoms with Crippen LogP contribution >= 0.6 is 0 Å². The minimum absolute atomic E-state index is 0.305. The third kappa shape index (κ3) is 41.4. The summed E-state index contributed by atoms with van der Waals surface area (Å²) in [6.45, 7) is 43.9. The molecule has 0 unspecified atom stereocenters. The second kappa shape index (κ2) is 34.2. The molecule has 2 aliphatic rings. The number of rotatable bonds is 9. The van der Waals surface area contributed by atoms with Crippen molar-refractivity contribution in [2.24, 2.45) is 35.5 Å². The molecule has 0 spiro atoms. The van der Waals surface area contributed by atoms with Crippen LogP contribution in [0.3, 0.4) is 0 Å². The molecule has 2 rings (SSSR count). The third-order valence-electron chi connectivity index (χ3n) is 8.70. The minimum atomic E-state index is 0.305. The minimum Gasteiger partial charge on any atom is -0.343 e. The van der Waals surface area contributed by atoms with E-state index >= 15 is 0 Å². The molecule has 5 nitrogen and oxygen atoms in total. The summed E-state index contributed by atoms with van der Waals surface area (Å²) in [6, 6.07) is 0.465. The van der Waals surface area contributed by atoms with Crippen LogP contribution in [0.15, 0.2) is 0 Å². The largest absolute Gasteiger partial charge is 0.343 e. The van der Waals surface area contributed by atoms with Gasteiger partial charge in [-0.2, -0.15) is 0 Å². The number of hydrogen-bond donors (Lipinski definition) is 0. The van der Waals surface area contributed by atoms with Gasteiger partial charge < -0.3 is 19.6 Å². The first-order chi connectivity index (χ1) is 21.3. The van der Waals surface area contributed by atoms with Gasteiger partial charge in [-0.3, -0.25) is 4.79 Å². The highest BCUT2D eigenvalue weighted by Crippen LogP contribution is 2.16. The fraction of sp³-hybridized carbons (Fsp3) is 0.976. The number of piperidine rings is 1. The van der Waals surface area contributed by atoms with Crippen LogP contribution in [-0.2, 0) is 4.79 Å². The Balaban J connectivity index is -0.000000250. The molecule has 0 N–H and O–H groups in total. The van der Waals surface area contributed by atoms with Crippen molar-refractivity contribution in [2.45, 2.75) is 162 Å². The number of carbonyl (C=O) groups excluding carboxylic acids is 1. The van der Waals surface area contributed by atoms with E-state index in [1.54, 1.807) is 0 Å². The number of hydrogen-bond acceptors (Lipinski definition) is 4. The summed E-state index contributed by atoms with van der Waals surface area (Å²) in [5.41, 5.74) is 0. The summed E-state index contributed by atoms with van der Waals surface area (Å²) in [4.78, 5) is 21.1. The summed E-state index contributed by atoms with van der Waals surface area (Å²) in [5.74, 6) is 5.12. The number of likely N-dealkylation sites (N-methyl/N-ethyl adjacent to an activating group) is 1. The van der Waals surface area contributed by atoms with Gasteiger partial charge in [0.2, 0.25) is 5.91 Å². The van der Waals surface area contributed by atoms with Crippen molar-refractivity contribution in [1.29, 1.82) is 0 Å². The molecule has 282 valence electrons. The second-order valence-corrected chi connectivity index (χ2v) is 16.3. The van der Waals surface area contributed by atoms with Crippen molar-refractivity contribution >= 4 is 5.91 Å². The monoisotopic (exact) mass is 657 g/mol. The van der Waals surface area contributed by atoms with Gasteiger partial charge in [0.15, 0.2) is 0 Å². The Labute approximate surface area is 294 Å². The lowest BCUT2D eigenvalue weighted by atomic mass is 10.0. The fourth-order valence-electron chi connectivity index (χ4n) is 3.63. The summed E-state index contributed by atoms with van der Waals surface area (Å²) in [6.07, 6.45) is 8.15. The summed E-state index contributed by atoms with van der Waals surface area (Å²) in [5, 5.41) is 0. The van der Waals surface area contributed by atoms with Crippen LogP contribution in [0.5, 0.6) is 0 Å². The maximum Gasteiger partial charge on any atom is 0.222 e. The SMILES string of the molecule is CC(C)CC(=O)N(C)C1CCN(C)CC1.CC(C)CN1CCN(C)CC1.CCC(C)C.CCC(C)C.CCC(C)C.CCC(C)C. The average molecular weight is 657 g/mol. The highest BCUT2D eigenvalue weighted by Gasteiger charge is 2.24. The van der Waals surface area contributed by atoms with Gasteiger partial charge in [-0.05, 0) is 75.5 Å². The van der Waals surface area contributed by atoms with E-state index in [0.717, 1.165) is 55.5 Å². The van der Waals surface area contributed by atoms with E-state index in [2.05, 4.69) is 140 Å². The smallest absolute Gasteiger partial charge is 0.222 e. The number of piperazine rings is 1. The molecule has 0 aromatic rings. The predicted octanol–water partition coefficient (Wildman–Crippen LogP) is 10.7. The van der Waals surface area contributed by atoms with Crippen LogP contribution in [0.1, 0.15) is 156 Å². The van der Waals surface area contributed by atoms with Crippen molar-refractivity contribution in [2.75, 3.05) is 67.0 Å². The van der Waals surface area contributed by atoms with Crippen molar-refractivity contribution in [3.8, 4) is 0 Å². The van der Waals surface area contributed by atoms with E-state index in [0.29, 0.717) is 24.3 Å². The molecule has 0 aromatic heterocycles. The number of nitrogens with zero attached hydrogens (tertiary/aromatic N) is 4. The second-order valence-electron chi connectivity index (χ2n) is 16.3. The van der Waals surface area contributed by atoms with Gasteiger partial charge in [-0.15, -0.1) is 0 Å². The third-order valence-corrected chi connectivity index (χ3v) is 8.70. The summed E-state index contributed by atoms with van der Waals surface area (Å²) >= 11 is 0. The molecular formula is C41H92N4O. The maximum atomic E-state index is 11.8. The van der Waals surface area contributed by atoms with Gasteiger partial charge in [0.1, 0.15) is 0 Å². The summed E-state index contributed by atoms with van der Waals surface area (Å²) in [7, 11) is 6.31. The summed E-state index contributed by atoms with van der Waals surface area (Å²) < 4.78 is 0. The molecule has 0 radical (unpaired) electrons. The van der Waals surface area contributed by atoms with Gasteiger partial charge in [0.05, 0.1) is 0 Å². The number of carbonyl (C=O) groups is 1. The maximum absolute atomic E-state index is 11.8. The van der Waals surface area contributed by atoms with Gasteiger partial charge >= 0.3 is 0 Å². The first-order valence-corrected chi connectivity index (χ1v) is 19.6. The van der Waals surface area contributed by atoms with Crippen molar-refractivity contribution in [3.05, 3.63) is 0 Å². The molecule has 46 heavy (non-hydrogen) atoms. The van der Waals surface area contributed by atoms with Gasteiger partial charge in [-0.25, -0.2) is 0 Å². The number of likely N-dealkylation sites (tertiary alicyclic amines) is 1. The van der Waals surface area contributed by atoms with E-state index in [-0.39, 0.29) is 0 Å². The molecular weight excluding hydrogens is 564 g/mol. The zero-order chi connectivity index (χ0) is 36.8. The quantitative estimate of drug-likeness (QED) is 0.247. The van der Waals surface area contributed by atoms with Crippen LogP contribution in [0.4, 0.5) is 0 Å². The molecule has 0 atom stereocenters. The highest BCUT2D eigenvalue weighted by atomic mass is 16.2. The lowest BCUT2D eigenvalue weighted by Gasteiger charge is -2.35. The fourth-order valence-corrected chi connectivity index (χ4v) is 3.63. The van der Waals surface area contributed by atoms with Crippen LogP contribution in [0, 0.1) is 35.5 Å². The lowest BCUT2D eigenvalue weighted by molar-refractivity contribution is -0.133. The van der Waals surface area contributed by atoms with Crippen molar-refractivity contribution in [1.82, 2.24) is 19.6 Å². The first-order valence-electron chi connectivity index (χ1n) is 19.6. The molecule has 0 saturated carbocycles. The molecule has 0 aromatic carbocycles. The Kier molecular flexibility index (Phi) is 38.8. The van der Waals surface area contributed by atoms with E-state index in [1.807, 2.05) is 11.9 Å². The van der Waals surface area contributed by atoms with Gasteiger partial charge in [0, 0.05) is 52.2 Å². The Morgan fingerprint density at radius 3 is 1.11 bits per heavy atom. The normalized spacial score (nSPS) is 16.0. The Morgan fingerprint density at radius 1 is 0.543 bits per heavy atom. The molecule has 0 bridgehead atoms. The zero-order valence-electron chi connectivity index (χ0n) is 35.6. The zero-order valence-corrected chi connectivity index (χ0v) is 35.6.